The summed E-state index contributed by atoms with van der Waals surface area (Å²) >= 11 is 0. The molecule has 0 saturated heterocycles. The van der Waals surface area contributed by atoms with E-state index >= 15 is 0 Å². The number of benzene rings is 2. The molecular weight excluding hydrogens is 373 g/mol. The Morgan fingerprint density at radius 3 is 2.97 bits per heavy atom. The highest BCUT2D eigenvalue weighted by atomic mass is 19.1. The maximum atomic E-state index is 13.3. The number of ether oxygens (including phenoxy) is 1. The maximum absolute atomic E-state index is 13.3. The Labute approximate surface area is 166 Å². The summed E-state index contributed by atoms with van der Waals surface area (Å²) in [5.41, 5.74) is 3.07. The van der Waals surface area contributed by atoms with E-state index in [9.17, 15) is 9.18 Å². The summed E-state index contributed by atoms with van der Waals surface area (Å²) in [4.78, 5) is 15.6. The molecule has 0 aliphatic rings. The first kappa shape index (κ1) is 18.7. The Kier molecular flexibility index (Phi) is 5.29. The highest BCUT2D eigenvalue weighted by Gasteiger charge is 2.13. The van der Waals surface area contributed by atoms with Crippen LogP contribution in [0.4, 0.5) is 4.39 Å². The Hall–Kier alpha value is -3.61. The number of aromatic amines is 1. The monoisotopic (exact) mass is 393 g/mol. The number of rotatable bonds is 7. The number of nitrogens with zero attached hydrogens (tertiary/aromatic N) is 1. The van der Waals surface area contributed by atoms with Gasteiger partial charge in [-0.05, 0) is 47.9 Å². The van der Waals surface area contributed by atoms with Gasteiger partial charge in [-0.25, -0.2) is 4.39 Å². The third kappa shape index (κ3) is 4.29. The first-order valence-electron chi connectivity index (χ1n) is 9.24. The normalized spacial score (nSPS) is 11.0. The lowest BCUT2D eigenvalue weighted by molar-refractivity contribution is 0.0945. The fraction of sp³-hybridized carbons (Fsp3) is 0.182. The van der Waals surface area contributed by atoms with E-state index < -0.39 is 0 Å². The number of carbonyl (C=O) groups excluding carboxylic acids is 1. The first-order chi connectivity index (χ1) is 14.1. The molecule has 0 aliphatic carbocycles. The van der Waals surface area contributed by atoms with E-state index in [1.54, 1.807) is 25.3 Å². The van der Waals surface area contributed by atoms with Crippen LogP contribution in [0.15, 0.2) is 59.3 Å². The van der Waals surface area contributed by atoms with Gasteiger partial charge in [-0.15, -0.1) is 0 Å². The van der Waals surface area contributed by atoms with Crippen molar-refractivity contribution < 1.29 is 18.4 Å². The number of aromatic nitrogens is 2. The molecule has 2 aromatic heterocycles. The van der Waals surface area contributed by atoms with Gasteiger partial charge in [0.05, 0.1) is 7.11 Å². The fourth-order valence-corrected chi connectivity index (χ4v) is 3.24. The van der Waals surface area contributed by atoms with E-state index in [0.29, 0.717) is 25.1 Å². The molecule has 0 spiro atoms. The number of fused-ring (bicyclic) bond motifs is 1. The molecule has 0 unspecified atom stereocenters. The Bertz CT molecular complexity index is 1150. The molecule has 0 radical (unpaired) electrons. The van der Waals surface area contributed by atoms with Crippen molar-refractivity contribution in [2.45, 2.75) is 12.8 Å². The lowest BCUT2D eigenvalue weighted by atomic mass is 10.1. The van der Waals surface area contributed by atoms with Crippen LogP contribution in [0.1, 0.15) is 27.4 Å². The number of hydrogen-bond acceptors (Lipinski definition) is 4. The Morgan fingerprint density at radius 1 is 1.24 bits per heavy atom. The van der Waals surface area contributed by atoms with E-state index in [1.807, 2.05) is 24.4 Å². The third-order valence-electron chi connectivity index (χ3n) is 4.71. The van der Waals surface area contributed by atoms with Gasteiger partial charge in [-0.2, -0.15) is 0 Å². The molecule has 2 heterocycles. The third-order valence-corrected chi connectivity index (χ3v) is 4.71. The average Bonchev–Trinajstić information content (AvgIpc) is 3.35. The van der Waals surface area contributed by atoms with Gasteiger partial charge in [-0.3, -0.25) is 4.79 Å². The predicted molar refractivity (Wildman–Crippen MR) is 107 cm³/mol. The minimum Gasteiger partial charge on any atom is -0.497 e. The lowest BCUT2D eigenvalue weighted by Crippen LogP contribution is -2.25. The molecule has 7 heteroatoms. The summed E-state index contributed by atoms with van der Waals surface area (Å²) in [5.74, 6) is 0.673. The highest BCUT2D eigenvalue weighted by Crippen LogP contribution is 2.23. The lowest BCUT2D eigenvalue weighted by Gasteiger charge is -2.03. The van der Waals surface area contributed by atoms with Gasteiger partial charge in [0, 0.05) is 36.1 Å². The van der Waals surface area contributed by atoms with Crippen molar-refractivity contribution in [2.24, 2.45) is 0 Å². The Morgan fingerprint density at radius 2 is 2.14 bits per heavy atom. The van der Waals surface area contributed by atoms with Crippen molar-refractivity contribution in [1.29, 1.82) is 0 Å². The van der Waals surface area contributed by atoms with Crippen molar-refractivity contribution >= 4 is 16.8 Å². The van der Waals surface area contributed by atoms with Crippen LogP contribution in [0.5, 0.6) is 5.75 Å². The molecule has 1 amide bonds. The minimum atomic E-state index is -0.310. The van der Waals surface area contributed by atoms with Crippen LogP contribution in [0.2, 0.25) is 0 Å². The van der Waals surface area contributed by atoms with Gasteiger partial charge in [0.1, 0.15) is 17.3 Å². The fourth-order valence-electron chi connectivity index (χ4n) is 3.24. The summed E-state index contributed by atoms with van der Waals surface area (Å²) < 4.78 is 23.8. The molecule has 2 N–H and O–H groups in total. The van der Waals surface area contributed by atoms with Crippen LogP contribution < -0.4 is 10.1 Å². The second-order valence-corrected chi connectivity index (χ2v) is 6.72. The summed E-state index contributed by atoms with van der Waals surface area (Å²) in [5, 5.41) is 7.74. The number of H-pyrrole nitrogens is 1. The van der Waals surface area contributed by atoms with Crippen molar-refractivity contribution in [3.63, 3.8) is 0 Å². The predicted octanol–water partition coefficient (Wildman–Crippen LogP) is 3.87. The number of nitrogens with one attached hydrogen (secondary N) is 2. The van der Waals surface area contributed by atoms with E-state index in [4.69, 9.17) is 9.26 Å². The molecule has 4 aromatic rings. The summed E-state index contributed by atoms with van der Waals surface area (Å²) in [6.45, 7) is 0.453. The summed E-state index contributed by atoms with van der Waals surface area (Å²) in [7, 11) is 1.63. The van der Waals surface area contributed by atoms with E-state index in [2.05, 4.69) is 15.5 Å². The molecule has 0 aliphatic heterocycles. The van der Waals surface area contributed by atoms with Crippen LogP contribution in [0.3, 0.4) is 0 Å². The van der Waals surface area contributed by atoms with E-state index in [-0.39, 0.29) is 17.4 Å². The molecule has 0 atom stereocenters. The molecule has 6 nitrogen and oxygen atoms in total. The van der Waals surface area contributed by atoms with E-state index in [0.717, 1.165) is 27.8 Å². The van der Waals surface area contributed by atoms with E-state index in [1.165, 1.54) is 12.1 Å². The number of carbonyl (C=O) groups is 1. The van der Waals surface area contributed by atoms with Gasteiger partial charge < -0.3 is 19.6 Å². The molecule has 29 heavy (non-hydrogen) atoms. The van der Waals surface area contributed by atoms with Crippen LogP contribution >= 0.6 is 0 Å². The topological polar surface area (TPSA) is 80.1 Å². The first-order valence-corrected chi connectivity index (χ1v) is 9.24. The average molecular weight is 393 g/mol. The number of hydrogen-bond donors (Lipinski definition) is 2. The standard InChI is InChI=1S/C22H20FN3O3/c1-28-17-5-6-20-19(11-17)15(13-25-20)7-8-24-22(27)21-12-18(29-26-21)10-14-3-2-4-16(23)9-14/h2-6,9,11-13,25H,7-8,10H2,1H3,(H,24,27). The van der Waals surface area contributed by atoms with Crippen molar-refractivity contribution in [3.05, 3.63) is 83.1 Å². The molecule has 0 saturated carbocycles. The number of methoxy groups -OCH3 is 1. The quantitative estimate of drug-likeness (QED) is 0.500. The van der Waals surface area contributed by atoms with Crippen LogP contribution in [-0.4, -0.2) is 29.7 Å². The molecule has 2 aromatic carbocycles. The number of halogens is 1. The molecule has 148 valence electrons. The number of amides is 1. The van der Waals surface area contributed by atoms with Crippen molar-refractivity contribution in [3.8, 4) is 5.75 Å². The maximum Gasteiger partial charge on any atom is 0.273 e. The zero-order valence-corrected chi connectivity index (χ0v) is 15.9. The second kappa shape index (κ2) is 8.18. The van der Waals surface area contributed by atoms with Gasteiger partial charge >= 0.3 is 0 Å². The van der Waals surface area contributed by atoms with Gasteiger partial charge in [0.2, 0.25) is 0 Å². The molecule has 0 fully saturated rings. The zero-order chi connectivity index (χ0) is 20.2. The summed E-state index contributed by atoms with van der Waals surface area (Å²) in [6, 6.07) is 13.7. The van der Waals surface area contributed by atoms with Crippen molar-refractivity contribution in [2.75, 3.05) is 13.7 Å². The van der Waals surface area contributed by atoms with Crippen molar-refractivity contribution in [1.82, 2.24) is 15.5 Å². The van der Waals surface area contributed by atoms with Gasteiger partial charge in [0.15, 0.2) is 5.69 Å². The molecule has 4 rings (SSSR count). The molecular formula is C22H20FN3O3. The van der Waals surface area contributed by atoms with Gasteiger partial charge in [0.25, 0.3) is 5.91 Å². The SMILES string of the molecule is COc1ccc2[nH]cc(CCNC(=O)c3cc(Cc4cccc(F)c4)on3)c2c1. The van der Waals surface area contributed by atoms with Crippen LogP contribution in [-0.2, 0) is 12.8 Å². The molecule has 0 bridgehead atoms. The highest BCUT2D eigenvalue weighted by molar-refractivity contribution is 5.92. The summed E-state index contributed by atoms with van der Waals surface area (Å²) in [6.07, 6.45) is 2.96. The minimum absolute atomic E-state index is 0.206. The van der Waals surface area contributed by atoms with Crippen LogP contribution in [0.25, 0.3) is 10.9 Å². The zero-order valence-electron chi connectivity index (χ0n) is 15.9. The smallest absolute Gasteiger partial charge is 0.273 e. The van der Waals surface area contributed by atoms with Gasteiger partial charge in [-0.1, -0.05) is 17.3 Å². The largest absolute Gasteiger partial charge is 0.497 e. The van der Waals surface area contributed by atoms with Crippen LogP contribution in [0, 0.1) is 5.82 Å². The second-order valence-electron chi connectivity index (χ2n) is 6.72. The Balaban J connectivity index is 1.35.